The number of hydrogen-bond acceptors (Lipinski definition) is 5. The summed E-state index contributed by atoms with van der Waals surface area (Å²) >= 11 is 0. The van der Waals surface area contributed by atoms with E-state index in [1.807, 2.05) is 0 Å². The monoisotopic (exact) mass is 202 g/mol. The SMILES string of the molecule is COC(=O)[C@@H](C1CC(=O)NN1)[C@@H](C)O. The number of hydrazine groups is 1. The van der Waals surface area contributed by atoms with E-state index >= 15 is 0 Å². The van der Waals surface area contributed by atoms with Gasteiger partial charge >= 0.3 is 5.97 Å². The van der Waals surface area contributed by atoms with Crippen LogP contribution in [0.25, 0.3) is 0 Å². The van der Waals surface area contributed by atoms with Crippen molar-refractivity contribution in [3.8, 4) is 0 Å². The van der Waals surface area contributed by atoms with Crippen LogP contribution < -0.4 is 10.9 Å². The lowest BCUT2D eigenvalue weighted by atomic mass is 9.93. The van der Waals surface area contributed by atoms with Crippen LogP contribution in [0.2, 0.25) is 0 Å². The van der Waals surface area contributed by atoms with E-state index in [9.17, 15) is 14.7 Å². The maximum Gasteiger partial charge on any atom is 0.312 e. The van der Waals surface area contributed by atoms with Crippen molar-refractivity contribution < 1.29 is 19.4 Å². The van der Waals surface area contributed by atoms with Crippen LogP contribution in [-0.4, -0.2) is 36.2 Å². The molecule has 1 heterocycles. The zero-order valence-electron chi connectivity index (χ0n) is 8.11. The number of carbonyl (C=O) groups is 2. The van der Waals surface area contributed by atoms with E-state index < -0.39 is 24.0 Å². The topological polar surface area (TPSA) is 87.7 Å². The smallest absolute Gasteiger partial charge is 0.312 e. The first kappa shape index (κ1) is 10.9. The molecule has 1 fully saturated rings. The first-order chi connectivity index (χ1) is 6.56. The number of aliphatic hydroxyl groups excluding tert-OH is 1. The first-order valence-electron chi connectivity index (χ1n) is 4.36. The second-order valence-corrected chi connectivity index (χ2v) is 3.29. The molecule has 0 bridgehead atoms. The molecule has 0 radical (unpaired) electrons. The van der Waals surface area contributed by atoms with Crippen LogP contribution in [0.3, 0.4) is 0 Å². The van der Waals surface area contributed by atoms with Crippen LogP contribution >= 0.6 is 0 Å². The molecule has 0 aromatic carbocycles. The normalized spacial score (nSPS) is 25.4. The Bertz CT molecular complexity index is 241. The lowest BCUT2D eigenvalue weighted by Gasteiger charge is -2.22. The fraction of sp³-hybridized carbons (Fsp3) is 0.750. The summed E-state index contributed by atoms with van der Waals surface area (Å²) in [6.45, 7) is 1.49. The second-order valence-electron chi connectivity index (χ2n) is 3.29. The number of carbonyl (C=O) groups excluding carboxylic acids is 2. The predicted octanol–water partition coefficient (Wildman–Crippen LogP) is -1.45. The molecule has 3 atom stereocenters. The molecule has 6 nitrogen and oxygen atoms in total. The molecule has 6 heteroatoms. The Morgan fingerprint density at radius 1 is 1.71 bits per heavy atom. The zero-order valence-corrected chi connectivity index (χ0v) is 8.11. The molecular weight excluding hydrogens is 188 g/mol. The van der Waals surface area contributed by atoms with Gasteiger partial charge in [0.1, 0.15) is 0 Å². The van der Waals surface area contributed by atoms with E-state index in [2.05, 4.69) is 15.6 Å². The van der Waals surface area contributed by atoms with Gasteiger partial charge in [0.05, 0.1) is 25.2 Å². The molecule has 3 N–H and O–H groups in total. The van der Waals surface area contributed by atoms with Crippen LogP contribution in [0.15, 0.2) is 0 Å². The van der Waals surface area contributed by atoms with E-state index in [0.29, 0.717) is 0 Å². The Morgan fingerprint density at radius 3 is 2.71 bits per heavy atom. The predicted molar refractivity (Wildman–Crippen MR) is 46.9 cm³/mol. The highest BCUT2D eigenvalue weighted by atomic mass is 16.5. The van der Waals surface area contributed by atoms with E-state index in [1.165, 1.54) is 14.0 Å². The van der Waals surface area contributed by atoms with Crippen LogP contribution in [0.1, 0.15) is 13.3 Å². The van der Waals surface area contributed by atoms with E-state index in [-0.39, 0.29) is 12.3 Å². The van der Waals surface area contributed by atoms with Gasteiger partial charge in [-0.1, -0.05) is 0 Å². The number of amides is 1. The number of esters is 1. The number of aliphatic hydroxyl groups is 1. The summed E-state index contributed by atoms with van der Waals surface area (Å²) in [6.07, 6.45) is -0.683. The molecular formula is C8H14N2O4. The molecule has 0 saturated carbocycles. The van der Waals surface area contributed by atoms with Gasteiger partial charge in [-0.3, -0.25) is 15.0 Å². The van der Waals surface area contributed by atoms with Crippen molar-refractivity contribution in [2.45, 2.75) is 25.5 Å². The summed E-state index contributed by atoms with van der Waals surface area (Å²) in [5.41, 5.74) is 5.02. The van der Waals surface area contributed by atoms with Crippen LogP contribution in [0.5, 0.6) is 0 Å². The van der Waals surface area contributed by atoms with Gasteiger partial charge in [0, 0.05) is 6.42 Å². The summed E-state index contributed by atoms with van der Waals surface area (Å²) < 4.78 is 4.54. The highest BCUT2D eigenvalue weighted by molar-refractivity contribution is 5.81. The molecule has 0 aromatic heterocycles. The molecule has 0 aromatic rings. The Hall–Kier alpha value is -1.14. The zero-order chi connectivity index (χ0) is 10.7. The van der Waals surface area contributed by atoms with Crippen LogP contribution in [-0.2, 0) is 14.3 Å². The molecule has 0 spiro atoms. The molecule has 0 aliphatic carbocycles. The van der Waals surface area contributed by atoms with Crippen molar-refractivity contribution in [2.75, 3.05) is 7.11 Å². The maximum absolute atomic E-state index is 11.3. The molecule has 1 rings (SSSR count). The second kappa shape index (κ2) is 4.39. The molecule has 1 unspecified atom stereocenters. The Kier molecular flexibility index (Phi) is 3.43. The van der Waals surface area contributed by atoms with E-state index in [0.717, 1.165) is 0 Å². The van der Waals surface area contributed by atoms with Crippen molar-refractivity contribution >= 4 is 11.9 Å². The molecule has 1 saturated heterocycles. The standard InChI is InChI=1S/C8H14N2O4/c1-4(11)7(8(13)14-2)5-3-6(12)10-9-5/h4-5,7,9,11H,3H2,1-2H3,(H,10,12)/t4-,5?,7-/m1/s1. The summed E-state index contributed by atoms with van der Waals surface area (Å²) in [6, 6.07) is -0.407. The number of rotatable bonds is 3. The number of nitrogens with one attached hydrogen (secondary N) is 2. The van der Waals surface area contributed by atoms with Gasteiger partial charge in [-0.25, -0.2) is 5.43 Å². The molecule has 80 valence electrons. The Balaban J connectivity index is 2.68. The fourth-order valence-electron chi connectivity index (χ4n) is 1.53. The highest BCUT2D eigenvalue weighted by Gasteiger charge is 2.37. The average Bonchev–Trinajstić information content (AvgIpc) is 2.51. The minimum absolute atomic E-state index is 0.171. The lowest BCUT2D eigenvalue weighted by molar-refractivity contribution is -0.150. The van der Waals surface area contributed by atoms with Crippen LogP contribution in [0, 0.1) is 5.92 Å². The third-order valence-corrected chi connectivity index (χ3v) is 2.23. The van der Waals surface area contributed by atoms with Crippen molar-refractivity contribution in [1.82, 2.24) is 10.9 Å². The quantitative estimate of drug-likeness (QED) is 0.487. The van der Waals surface area contributed by atoms with Gasteiger partial charge in [0.15, 0.2) is 0 Å². The van der Waals surface area contributed by atoms with Gasteiger partial charge in [-0.15, -0.1) is 0 Å². The van der Waals surface area contributed by atoms with Crippen molar-refractivity contribution in [3.05, 3.63) is 0 Å². The largest absolute Gasteiger partial charge is 0.469 e. The van der Waals surface area contributed by atoms with Gasteiger partial charge in [0.2, 0.25) is 5.91 Å². The van der Waals surface area contributed by atoms with Gasteiger partial charge in [-0.2, -0.15) is 0 Å². The van der Waals surface area contributed by atoms with Gasteiger partial charge < -0.3 is 9.84 Å². The van der Waals surface area contributed by atoms with E-state index in [1.54, 1.807) is 0 Å². The van der Waals surface area contributed by atoms with Gasteiger partial charge in [-0.05, 0) is 6.92 Å². The van der Waals surface area contributed by atoms with Crippen molar-refractivity contribution in [3.63, 3.8) is 0 Å². The molecule has 14 heavy (non-hydrogen) atoms. The van der Waals surface area contributed by atoms with E-state index in [4.69, 9.17) is 0 Å². The average molecular weight is 202 g/mol. The third-order valence-electron chi connectivity index (χ3n) is 2.23. The Morgan fingerprint density at radius 2 is 2.36 bits per heavy atom. The first-order valence-corrected chi connectivity index (χ1v) is 4.36. The molecule has 1 amide bonds. The summed E-state index contributed by atoms with van der Waals surface area (Å²) in [5, 5.41) is 9.38. The van der Waals surface area contributed by atoms with Crippen LogP contribution in [0.4, 0.5) is 0 Å². The minimum atomic E-state index is -0.854. The fourth-order valence-corrected chi connectivity index (χ4v) is 1.53. The third kappa shape index (κ3) is 2.21. The minimum Gasteiger partial charge on any atom is -0.469 e. The summed E-state index contributed by atoms with van der Waals surface area (Å²) in [5.74, 6) is -1.43. The molecule has 1 aliphatic heterocycles. The maximum atomic E-state index is 11.3. The van der Waals surface area contributed by atoms with Crippen molar-refractivity contribution in [1.29, 1.82) is 0 Å². The number of ether oxygens (including phenoxy) is 1. The van der Waals surface area contributed by atoms with Crippen molar-refractivity contribution in [2.24, 2.45) is 5.92 Å². The summed E-state index contributed by atoms with van der Waals surface area (Å²) in [7, 11) is 1.25. The molecule has 1 aliphatic rings. The highest BCUT2D eigenvalue weighted by Crippen LogP contribution is 2.16. The number of methoxy groups -OCH3 is 1. The van der Waals surface area contributed by atoms with Gasteiger partial charge in [0.25, 0.3) is 0 Å². The Labute approximate surface area is 81.6 Å². The number of hydrogen-bond donors (Lipinski definition) is 3. The lowest BCUT2D eigenvalue weighted by Crippen LogP contribution is -2.44. The summed E-state index contributed by atoms with van der Waals surface area (Å²) in [4.78, 5) is 22.2.